The first kappa shape index (κ1) is 20.0. The molecule has 0 amide bonds. The van der Waals surface area contributed by atoms with E-state index in [0.29, 0.717) is 16.7 Å². The van der Waals surface area contributed by atoms with Gasteiger partial charge in [0.25, 0.3) is 0 Å². The summed E-state index contributed by atoms with van der Waals surface area (Å²) in [5.74, 6) is 0.817. The lowest BCUT2D eigenvalue weighted by Crippen LogP contribution is -2.11. The lowest BCUT2D eigenvalue weighted by atomic mass is 9.96. The molecule has 146 valence electrons. The molecule has 0 atom stereocenters. The molecule has 0 N–H and O–H groups in total. The van der Waals surface area contributed by atoms with E-state index < -0.39 is 0 Å². The van der Waals surface area contributed by atoms with Crippen LogP contribution in [0.1, 0.15) is 22.3 Å². The predicted octanol–water partition coefficient (Wildman–Crippen LogP) is 7.28. The number of hydrogen-bond acceptors (Lipinski definition) is 2. The van der Waals surface area contributed by atoms with Crippen LogP contribution >= 0.6 is 34.8 Å². The molecular formula is C24H18Cl3NO. The van der Waals surface area contributed by atoms with Crippen molar-refractivity contribution >= 4 is 46.6 Å². The first-order chi connectivity index (χ1) is 14.1. The van der Waals surface area contributed by atoms with Gasteiger partial charge in [-0.1, -0.05) is 59.1 Å². The molecule has 0 bridgehead atoms. The minimum atomic E-state index is 0.395. The van der Waals surface area contributed by atoms with Crippen LogP contribution in [0.3, 0.4) is 0 Å². The summed E-state index contributed by atoms with van der Waals surface area (Å²) in [4.78, 5) is 4.68. The molecule has 29 heavy (non-hydrogen) atoms. The highest BCUT2D eigenvalue weighted by Crippen LogP contribution is 2.26. The van der Waals surface area contributed by atoms with E-state index in [9.17, 15) is 0 Å². The summed E-state index contributed by atoms with van der Waals surface area (Å²) in [5.41, 5.74) is 5.34. The van der Waals surface area contributed by atoms with Crippen molar-refractivity contribution in [2.24, 2.45) is 4.99 Å². The monoisotopic (exact) mass is 441 g/mol. The molecule has 1 heterocycles. The molecule has 1 aliphatic heterocycles. The molecule has 3 aromatic rings. The Morgan fingerprint density at radius 3 is 2.45 bits per heavy atom. The number of ether oxygens (including phenoxy) is 1. The van der Waals surface area contributed by atoms with E-state index >= 15 is 0 Å². The van der Waals surface area contributed by atoms with E-state index in [4.69, 9.17) is 39.5 Å². The number of halogens is 3. The number of nitrogens with zero attached hydrogens (tertiary/aromatic N) is 1. The zero-order chi connectivity index (χ0) is 20.2. The van der Waals surface area contributed by atoms with Crippen molar-refractivity contribution in [1.29, 1.82) is 0 Å². The topological polar surface area (TPSA) is 21.6 Å². The Kier molecular flexibility index (Phi) is 6.25. The molecule has 5 heteroatoms. The predicted molar refractivity (Wildman–Crippen MR) is 123 cm³/mol. The molecule has 4 rings (SSSR count). The molecule has 2 nitrogen and oxygen atoms in total. The molecule has 0 aromatic heterocycles. The first-order valence-corrected chi connectivity index (χ1v) is 10.4. The SMILES string of the molecule is Clc1ccc(/C=C/C2=NCCc3cc(OCc4ccc(Cl)cc4Cl)ccc32)cc1. The summed E-state index contributed by atoms with van der Waals surface area (Å²) in [6, 6.07) is 19.3. The number of aliphatic imine (C=N–C) groups is 1. The van der Waals surface area contributed by atoms with Crippen LogP contribution in [0.15, 0.2) is 71.7 Å². The van der Waals surface area contributed by atoms with Gasteiger partial charge in [-0.2, -0.15) is 0 Å². The van der Waals surface area contributed by atoms with Gasteiger partial charge >= 0.3 is 0 Å². The number of fused-ring (bicyclic) bond motifs is 1. The molecule has 0 unspecified atom stereocenters. The zero-order valence-electron chi connectivity index (χ0n) is 15.5. The van der Waals surface area contributed by atoms with E-state index in [1.807, 2.05) is 42.5 Å². The number of rotatable bonds is 5. The third-order valence-corrected chi connectivity index (χ3v) is 5.57. The van der Waals surface area contributed by atoms with Gasteiger partial charge in [0, 0.05) is 32.7 Å². The van der Waals surface area contributed by atoms with E-state index in [1.165, 1.54) is 5.56 Å². The van der Waals surface area contributed by atoms with Gasteiger partial charge in [-0.3, -0.25) is 4.99 Å². The van der Waals surface area contributed by atoms with Gasteiger partial charge in [0.1, 0.15) is 12.4 Å². The Morgan fingerprint density at radius 2 is 1.66 bits per heavy atom. The minimum Gasteiger partial charge on any atom is -0.489 e. The van der Waals surface area contributed by atoms with E-state index in [1.54, 1.807) is 6.07 Å². The maximum Gasteiger partial charge on any atom is 0.120 e. The van der Waals surface area contributed by atoms with Crippen molar-refractivity contribution < 1.29 is 4.74 Å². The molecule has 0 aliphatic carbocycles. The normalized spacial score (nSPS) is 13.3. The van der Waals surface area contributed by atoms with Gasteiger partial charge in [0.15, 0.2) is 0 Å². The Morgan fingerprint density at radius 1 is 0.862 bits per heavy atom. The van der Waals surface area contributed by atoms with E-state index in [2.05, 4.69) is 29.3 Å². The van der Waals surface area contributed by atoms with Crippen molar-refractivity contribution in [3.05, 3.63) is 104 Å². The van der Waals surface area contributed by atoms with Gasteiger partial charge in [-0.05, 0) is 66.1 Å². The highest BCUT2D eigenvalue weighted by molar-refractivity contribution is 6.35. The molecule has 0 saturated heterocycles. The van der Waals surface area contributed by atoms with Gasteiger partial charge in [-0.25, -0.2) is 0 Å². The molecule has 0 radical (unpaired) electrons. The molecule has 3 aromatic carbocycles. The Hall–Kier alpha value is -2.26. The van der Waals surface area contributed by atoms with Crippen molar-refractivity contribution in [3.8, 4) is 5.75 Å². The maximum atomic E-state index is 6.23. The highest BCUT2D eigenvalue weighted by atomic mass is 35.5. The summed E-state index contributed by atoms with van der Waals surface area (Å²) < 4.78 is 5.96. The second-order valence-electron chi connectivity index (χ2n) is 6.75. The van der Waals surface area contributed by atoms with E-state index in [0.717, 1.165) is 46.1 Å². The molecule has 1 aliphatic rings. The lowest BCUT2D eigenvalue weighted by molar-refractivity contribution is 0.306. The average molecular weight is 443 g/mol. The molecule has 0 fully saturated rings. The number of benzene rings is 3. The van der Waals surface area contributed by atoms with Crippen molar-refractivity contribution in [3.63, 3.8) is 0 Å². The van der Waals surface area contributed by atoms with Crippen LogP contribution in [-0.2, 0) is 13.0 Å². The summed E-state index contributed by atoms with van der Waals surface area (Å²) >= 11 is 18.1. The largest absolute Gasteiger partial charge is 0.489 e. The van der Waals surface area contributed by atoms with Crippen molar-refractivity contribution in [2.45, 2.75) is 13.0 Å². The van der Waals surface area contributed by atoms with Crippen LogP contribution in [0.4, 0.5) is 0 Å². The van der Waals surface area contributed by atoms with Gasteiger partial charge < -0.3 is 4.74 Å². The van der Waals surface area contributed by atoms with Gasteiger partial charge in [0.2, 0.25) is 0 Å². The smallest absolute Gasteiger partial charge is 0.120 e. The number of allylic oxidation sites excluding steroid dienone is 1. The Labute approximate surface area is 185 Å². The van der Waals surface area contributed by atoms with Crippen molar-refractivity contribution in [2.75, 3.05) is 6.54 Å². The molecule has 0 saturated carbocycles. The van der Waals surface area contributed by atoms with Crippen LogP contribution in [0.2, 0.25) is 15.1 Å². The fourth-order valence-corrected chi connectivity index (χ4v) is 3.78. The summed E-state index contributed by atoms with van der Waals surface area (Å²) in [6.07, 6.45) is 5.00. The summed E-state index contributed by atoms with van der Waals surface area (Å²) in [7, 11) is 0. The Bertz CT molecular complexity index is 1090. The number of hydrogen-bond donors (Lipinski definition) is 0. The van der Waals surface area contributed by atoms with Crippen molar-refractivity contribution in [1.82, 2.24) is 0 Å². The summed E-state index contributed by atoms with van der Waals surface area (Å²) in [5, 5.41) is 1.96. The van der Waals surface area contributed by atoms with E-state index in [-0.39, 0.29) is 0 Å². The van der Waals surface area contributed by atoms with Gasteiger partial charge in [0.05, 0.1) is 5.71 Å². The van der Waals surface area contributed by atoms with Crippen LogP contribution < -0.4 is 4.74 Å². The molecular weight excluding hydrogens is 425 g/mol. The van der Waals surface area contributed by atoms with Crippen LogP contribution in [-0.4, -0.2) is 12.3 Å². The second-order valence-corrected chi connectivity index (χ2v) is 8.03. The Balaban J connectivity index is 1.48. The van der Waals surface area contributed by atoms with Gasteiger partial charge in [-0.15, -0.1) is 0 Å². The third kappa shape index (κ3) is 5.02. The molecule has 0 spiro atoms. The minimum absolute atomic E-state index is 0.395. The zero-order valence-corrected chi connectivity index (χ0v) is 17.8. The third-order valence-electron chi connectivity index (χ3n) is 4.73. The maximum absolute atomic E-state index is 6.23. The van der Waals surface area contributed by atoms with Crippen LogP contribution in [0, 0.1) is 0 Å². The first-order valence-electron chi connectivity index (χ1n) is 9.26. The average Bonchev–Trinajstić information content (AvgIpc) is 2.72. The van der Waals surface area contributed by atoms with Crippen LogP contribution in [0.25, 0.3) is 6.08 Å². The lowest BCUT2D eigenvalue weighted by Gasteiger charge is -2.17. The fourth-order valence-electron chi connectivity index (χ4n) is 3.19. The fraction of sp³-hybridized carbons (Fsp3) is 0.125. The quantitative estimate of drug-likeness (QED) is 0.406. The second kappa shape index (κ2) is 9.04. The highest BCUT2D eigenvalue weighted by Gasteiger charge is 2.13. The summed E-state index contributed by atoms with van der Waals surface area (Å²) in [6.45, 7) is 1.16. The van der Waals surface area contributed by atoms with Crippen LogP contribution in [0.5, 0.6) is 5.75 Å². The standard InChI is InChI=1S/C24H18Cl3NO/c25-19-5-1-16(2-6-19)3-10-24-22-9-8-21(13-17(22)11-12-28-24)29-15-18-4-7-20(26)14-23(18)27/h1-10,13-14H,11-12,15H2/b10-3+.